The van der Waals surface area contributed by atoms with Crippen molar-refractivity contribution in [1.29, 1.82) is 0 Å². The van der Waals surface area contributed by atoms with Gasteiger partial charge in [0.05, 0.1) is 6.61 Å². The van der Waals surface area contributed by atoms with Gasteiger partial charge in [-0.2, -0.15) is 0 Å². The Morgan fingerprint density at radius 3 is 2.88 bits per heavy atom. The molecule has 0 aromatic carbocycles. The van der Waals surface area contributed by atoms with Crippen molar-refractivity contribution >= 4 is 11.8 Å². The number of aliphatic hydroxyl groups excluding tert-OH is 1. The van der Waals surface area contributed by atoms with Crippen LogP contribution >= 0.6 is 11.8 Å². The molecule has 1 unspecified atom stereocenters. The number of nitrogens with one attached hydrogen (secondary N) is 1. The lowest BCUT2D eigenvalue weighted by Crippen LogP contribution is -2.43. The highest BCUT2D eigenvalue weighted by Gasteiger charge is 2.20. The van der Waals surface area contributed by atoms with E-state index in [0.717, 1.165) is 23.0 Å². The van der Waals surface area contributed by atoms with Gasteiger partial charge in [0, 0.05) is 23.2 Å². The molecule has 2 N–H and O–H groups in total. The van der Waals surface area contributed by atoms with Gasteiger partial charge in [-0.3, -0.25) is 0 Å². The standard InChI is InChI=1S/C11H19N3OS/c1-9-4-6-13-10(14-9)16-7-5-11(2,8-15)12-3/h4,6,12,15H,5,7-8H2,1-3H3. The maximum Gasteiger partial charge on any atom is 0.187 e. The molecular formula is C11H19N3OS. The largest absolute Gasteiger partial charge is 0.394 e. The first kappa shape index (κ1) is 13.4. The third kappa shape index (κ3) is 4.08. The first-order chi connectivity index (χ1) is 7.59. The fourth-order valence-electron chi connectivity index (χ4n) is 1.15. The molecule has 0 aliphatic heterocycles. The third-order valence-corrected chi connectivity index (χ3v) is 3.47. The Morgan fingerprint density at radius 2 is 2.31 bits per heavy atom. The zero-order valence-electron chi connectivity index (χ0n) is 10.0. The molecule has 16 heavy (non-hydrogen) atoms. The summed E-state index contributed by atoms with van der Waals surface area (Å²) in [5.41, 5.74) is 0.771. The molecule has 0 radical (unpaired) electrons. The van der Waals surface area contributed by atoms with Crippen LogP contribution in [-0.4, -0.2) is 40.0 Å². The summed E-state index contributed by atoms with van der Waals surface area (Å²) in [6.45, 7) is 4.10. The van der Waals surface area contributed by atoms with Gasteiger partial charge in [0.15, 0.2) is 5.16 Å². The highest BCUT2D eigenvalue weighted by Crippen LogP contribution is 2.18. The van der Waals surface area contributed by atoms with Crippen LogP contribution in [0.4, 0.5) is 0 Å². The Labute approximate surface area is 101 Å². The lowest BCUT2D eigenvalue weighted by molar-refractivity contribution is 0.179. The zero-order valence-corrected chi connectivity index (χ0v) is 10.8. The molecule has 0 fully saturated rings. The minimum atomic E-state index is -0.211. The van der Waals surface area contributed by atoms with E-state index in [-0.39, 0.29) is 12.1 Å². The number of aromatic nitrogens is 2. The molecule has 0 saturated heterocycles. The predicted molar refractivity (Wildman–Crippen MR) is 66.7 cm³/mol. The number of aliphatic hydroxyl groups is 1. The Bertz CT molecular complexity index is 329. The summed E-state index contributed by atoms with van der Waals surface area (Å²) in [5.74, 6) is 0.890. The van der Waals surface area contributed by atoms with Crippen molar-refractivity contribution in [3.8, 4) is 0 Å². The molecule has 0 aliphatic rings. The van der Waals surface area contributed by atoms with Gasteiger partial charge in [-0.15, -0.1) is 0 Å². The number of thioether (sulfide) groups is 1. The van der Waals surface area contributed by atoms with Gasteiger partial charge in [-0.25, -0.2) is 9.97 Å². The minimum Gasteiger partial charge on any atom is -0.394 e. The molecule has 0 amide bonds. The van der Waals surface area contributed by atoms with Crippen LogP contribution in [0.3, 0.4) is 0 Å². The summed E-state index contributed by atoms with van der Waals surface area (Å²) in [6.07, 6.45) is 2.65. The number of rotatable bonds is 6. The van der Waals surface area contributed by atoms with Gasteiger partial charge >= 0.3 is 0 Å². The quantitative estimate of drug-likeness (QED) is 0.579. The summed E-state index contributed by atoms with van der Waals surface area (Å²) in [6, 6.07) is 1.88. The molecule has 0 saturated carbocycles. The molecule has 4 nitrogen and oxygen atoms in total. The molecule has 0 spiro atoms. The van der Waals surface area contributed by atoms with E-state index in [1.807, 2.05) is 27.0 Å². The second-order valence-corrected chi connectivity index (χ2v) is 5.11. The van der Waals surface area contributed by atoms with Crippen LogP contribution in [0.15, 0.2) is 17.4 Å². The highest BCUT2D eigenvalue weighted by molar-refractivity contribution is 7.99. The normalized spacial score (nSPS) is 14.8. The summed E-state index contributed by atoms with van der Waals surface area (Å²) in [5, 5.41) is 13.1. The summed E-state index contributed by atoms with van der Waals surface area (Å²) in [4.78, 5) is 8.49. The van der Waals surface area contributed by atoms with Crippen molar-refractivity contribution in [2.45, 2.75) is 31.0 Å². The number of hydrogen-bond donors (Lipinski definition) is 2. The molecule has 0 bridgehead atoms. The molecule has 0 aliphatic carbocycles. The third-order valence-electron chi connectivity index (χ3n) is 2.61. The van der Waals surface area contributed by atoms with Crippen LogP contribution < -0.4 is 5.32 Å². The average molecular weight is 241 g/mol. The number of aryl methyl sites for hydroxylation is 1. The van der Waals surface area contributed by atoms with E-state index in [1.54, 1.807) is 18.0 Å². The Kier molecular flexibility index (Phi) is 5.18. The smallest absolute Gasteiger partial charge is 0.187 e. The van der Waals surface area contributed by atoms with Crippen molar-refractivity contribution < 1.29 is 5.11 Å². The molecule has 1 aromatic heterocycles. The molecule has 1 rings (SSSR count). The van der Waals surface area contributed by atoms with E-state index in [1.165, 1.54) is 0 Å². The predicted octanol–water partition coefficient (Wildman–Crippen LogP) is 1.24. The van der Waals surface area contributed by atoms with E-state index in [9.17, 15) is 5.11 Å². The van der Waals surface area contributed by atoms with Crippen LogP contribution in [0.25, 0.3) is 0 Å². The molecule has 1 heterocycles. The first-order valence-corrected chi connectivity index (χ1v) is 6.30. The Morgan fingerprint density at radius 1 is 1.56 bits per heavy atom. The lowest BCUT2D eigenvalue weighted by atomic mass is 10.0. The molecular weight excluding hydrogens is 222 g/mol. The van der Waals surface area contributed by atoms with E-state index in [0.29, 0.717) is 0 Å². The fraction of sp³-hybridized carbons (Fsp3) is 0.636. The average Bonchev–Trinajstić information content (AvgIpc) is 2.29. The van der Waals surface area contributed by atoms with Gasteiger partial charge in [0.1, 0.15) is 0 Å². The lowest BCUT2D eigenvalue weighted by Gasteiger charge is -2.26. The van der Waals surface area contributed by atoms with Crippen molar-refractivity contribution in [2.75, 3.05) is 19.4 Å². The van der Waals surface area contributed by atoms with E-state index < -0.39 is 0 Å². The topological polar surface area (TPSA) is 58.0 Å². The van der Waals surface area contributed by atoms with E-state index in [2.05, 4.69) is 15.3 Å². The van der Waals surface area contributed by atoms with Crippen LogP contribution in [0.5, 0.6) is 0 Å². The maximum absolute atomic E-state index is 9.22. The van der Waals surface area contributed by atoms with Gasteiger partial charge in [0.2, 0.25) is 0 Å². The number of nitrogens with zero attached hydrogens (tertiary/aromatic N) is 2. The number of hydrogen-bond acceptors (Lipinski definition) is 5. The van der Waals surface area contributed by atoms with Crippen molar-refractivity contribution in [3.05, 3.63) is 18.0 Å². The van der Waals surface area contributed by atoms with Crippen LogP contribution in [0.2, 0.25) is 0 Å². The summed E-state index contributed by atoms with van der Waals surface area (Å²) < 4.78 is 0. The molecule has 1 aromatic rings. The Balaban J connectivity index is 2.41. The second-order valence-electron chi connectivity index (χ2n) is 4.05. The van der Waals surface area contributed by atoms with E-state index in [4.69, 9.17) is 0 Å². The van der Waals surface area contributed by atoms with Gasteiger partial charge in [-0.05, 0) is 33.4 Å². The van der Waals surface area contributed by atoms with Crippen LogP contribution in [0, 0.1) is 6.92 Å². The van der Waals surface area contributed by atoms with Crippen molar-refractivity contribution in [3.63, 3.8) is 0 Å². The minimum absolute atomic E-state index is 0.138. The highest BCUT2D eigenvalue weighted by atomic mass is 32.2. The fourth-order valence-corrected chi connectivity index (χ4v) is 2.23. The molecule has 1 atom stereocenters. The molecule has 5 heteroatoms. The van der Waals surface area contributed by atoms with Crippen molar-refractivity contribution in [2.24, 2.45) is 0 Å². The number of likely N-dealkylation sites (N-methyl/N-ethyl adjacent to an activating group) is 1. The zero-order chi connectivity index (χ0) is 12.0. The van der Waals surface area contributed by atoms with Gasteiger partial charge in [0.25, 0.3) is 0 Å². The van der Waals surface area contributed by atoms with Crippen LogP contribution in [0.1, 0.15) is 19.0 Å². The first-order valence-electron chi connectivity index (χ1n) is 5.32. The Hall–Kier alpha value is -0.650. The second kappa shape index (κ2) is 6.18. The monoisotopic (exact) mass is 241 g/mol. The van der Waals surface area contributed by atoms with Gasteiger partial charge < -0.3 is 10.4 Å². The maximum atomic E-state index is 9.22. The SMILES string of the molecule is CNC(C)(CO)CCSc1nccc(C)n1. The van der Waals surface area contributed by atoms with Gasteiger partial charge in [-0.1, -0.05) is 11.8 Å². The van der Waals surface area contributed by atoms with E-state index >= 15 is 0 Å². The molecule has 90 valence electrons. The van der Waals surface area contributed by atoms with Crippen molar-refractivity contribution in [1.82, 2.24) is 15.3 Å². The summed E-state index contributed by atoms with van der Waals surface area (Å²) in [7, 11) is 1.87. The summed E-state index contributed by atoms with van der Waals surface area (Å²) >= 11 is 1.62. The van der Waals surface area contributed by atoms with Crippen LogP contribution in [-0.2, 0) is 0 Å².